The van der Waals surface area contributed by atoms with Gasteiger partial charge in [-0.2, -0.15) is 4.98 Å². The molecule has 2 N–H and O–H groups in total. The molecule has 1 fully saturated rings. The molecule has 1 aliphatic heterocycles. The van der Waals surface area contributed by atoms with E-state index < -0.39 is 35.8 Å². The van der Waals surface area contributed by atoms with Gasteiger partial charge < -0.3 is 34.1 Å². The minimum atomic E-state index is -1.15. The first-order valence-corrected chi connectivity index (χ1v) is 14.0. The number of carbonyl (C=O) groups excluding carboxylic acids is 1. The molecular formula is C33H35N3O8. The molecule has 0 saturated carbocycles. The Morgan fingerprint density at radius 2 is 1.48 bits per heavy atom. The Morgan fingerprint density at radius 3 is 1.98 bits per heavy atom. The highest BCUT2D eigenvalue weighted by Crippen LogP contribution is 2.43. The van der Waals surface area contributed by atoms with Gasteiger partial charge in [-0.05, 0) is 47.0 Å². The number of hydrogen-bond acceptors (Lipinski definition) is 9. The zero-order valence-corrected chi connectivity index (χ0v) is 24.9. The maximum Gasteiger partial charge on any atom is 0.351 e. The lowest BCUT2D eigenvalue weighted by Crippen LogP contribution is -2.40. The lowest BCUT2D eigenvalue weighted by molar-refractivity contribution is -0.114. The van der Waals surface area contributed by atoms with Crippen LogP contribution in [0.3, 0.4) is 0 Å². The molecule has 11 heteroatoms. The molecule has 1 amide bonds. The zero-order valence-electron chi connectivity index (χ0n) is 24.9. The van der Waals surface area contributed by atoms with Crippen molar-refractivity contribution in [2.75, 3.05) is 33.3 Å². The standard InChI is InChI=1S/C33H35N3O8/c1-21(37)34-28-18-19-36(32(39)35-28)31-30(42-4)29(38)27(44-31)20-43-33(22-8-6-5-7-9-22,23-10-14-25(40-2)15-11-23)24-12-16-26(41-3)17-13-24/h5-19,27,29-31,38H,20H2,1-4H3,(H,34,35,37,39)/t27-,29+,30-,31-/m1/s1. The minimum Gasteiger partial charge on any atom is -0.497 e. The van der Waals surface area contributed by atoms with Gasteiger partial charge in [-0.25, -0.2) is 4.79 Å². The quantitative estimate of drug-likeness (QED) is 0.248. The summed E-state index contributed by atoms with van der Waals surface area (Å²) >= 11 is 0. The van der Waals surface area contributed by atoms with Crippen molar-refractivity contribution in [2.24, 2.45) is 0 Å². The molecule has 0 aliphatic carbocycles. The van der Waals surface area contributed by atoms with E-state index in [9.17, 15) is 14.7 Å². The molecule has 2 heterocycles. The van der Waals surface area contributed by atoms with E-state index in [4.69, 9.17) is 23.7 Å². The van der Waals surface area contributed by atoms with Crippen molar-refractivity contribution in [1.29, 1.82) is 0 Å². The monoisotopic (exact) mass is 601 g/mol. The Morgan fingerprint density at radius 1 is 0.909 bits per heavy atom. The number of nitrogens with zero attached hydrogens (tertiary/aromatic N) is 2. The van der Waals surface area contributed by atoms with E-state index in [0.717, 1.165) is 16.7 Å². The van der Waals surface area contributed by atoms with Crippen molar-refractivity contribution < 1.29 is 33.6 Å². The van der Waals surface area contributed by atoms with E-state index in [1.165, 1.54) is 30.9 Å². The summed E-state index contributed by atoms with van der Waals surface area (Å²) in [5.74, 6) is 1.13. The Kier molecular flexibility index (Phi) is 9.40. The summed E-state index contributed by atoms with van der Waals surface area (Å²) in [7, 11) is 4.64. The molecule has 5 rings (SSSR count). The lowest BCUT2D eigenvalue weighted by atomic mass is 9.80. The van der Waals surface area contributed by atoms with Crippen molar-refractivity contribution in [2.45, 2.75) is 37.1 Å². The van der Waals surface area contributed by atoms with Crippen LogP contribution in [0.4, 0.5) is 5.82 Å². The van der Waals surface area contributed by atoms with Crippen molar-refractivity contribution in [3.63, 3.8) is 0 Å². The predicted octanol–water partition coefficient (Wildman–Crippen LogP) is 3.50. The number of ether oxygens (including phenoxy) is 5. The fourth-order valence-electron chi connectivity index (χ4n) is 5.47. The number of carbonyl (C=O) groups is 1. The molecule has 230 valence electrons. The van der Waals surface area contributed by atoms with Gasteiger partial charge in [0.2, 0.25) is 5.91 Å². The largest absolute Gasteiger partial charge is 0.497 e. The van der Waals surface area contributed by atoms with E-state index >= 15 is 0 Å². The van der Waals surface area contributed by atoms with Crippen molar-refractivity contribution in [1.82, 2.24) is 9.55 Å². The Balaban J connectivity index is 1.53. The second-order valence-electron chi connectivity index (χ2n) is 10.3. The van der Waals surface area contributed by atoms with Crippen LogP contribution < -0.4 is 20.5 Å². The number of nitrogens with one attached hydrogen (secondary N) is 1. The second-order valence-corrected chi connectivity index (χ2v) is 10.3. The normalized spacial score (nSPS) is 19.8. The van der Waals surface area contributed by atoms with Crippen LogP contribution in [0, 0.1) is 0 Å². The Labute approximate surface area is 254 Å². The Bertz CT molecular complexity index is 1560. The number of aliphatic hydroxyl groups excluding tert-OH is 1. The molecule has 4 atom stereocenters. The average Bonchev–Trinajstić information content (AvgIpc) is 3.36. The minimum absolute atomic E-state index is 0.0728. The number of aliphatic hydroxyl groups is 1. The first kappa shape index (κ1) is 30.9. The van der Waals surface area contributed by atoms with Gasteiger partial charge in [-0.15, -0.1) is 0 Å². The average molecular weight is 602 g/mol. The summed E-state index contributed by atoms with van der Waals surface area (Å²) in [6, 6.07) is 26.4. The Hall–Kier alpha value is -4.55. The predicted molar refractivity (Wildman–Crippen MR) is 162 cm³/mol. The molecule has 1 aliphatic rings. The van der Waals surface area contributed by atoms with Crippen molar-refractivity contribution in [3.8, 4) is 11.5 Å². The van der Waals surface area contributed by atoms with E-state index in [-0.39, 0.29) is 18.3 Å². The number of aromatic nitrogens is 2. The first-order valence-electron chi connectivity index (χ1n) is 14.0. The van der Waals surface area contributed by atoms with E-state index in [0.29, 0.717) is 11.5 Å². The van der Waals surface area contributed by atoms with Crippen LogP contribution in [-0.2, 0) is 24.6 Å². The summed E-state index contributed by atoms with van der Waals surface area (Å²) in [5.41, 5.74) is 0.665. The summed E-state index contributed by atoms with van der Waals surface area (Å²) in [5, 5.41) is 13.8. The zero-order chi connectivity index (χ0) is 31.3. The van der Waals surface area contributed by atoms with Crippen LogP contribution in [0.25, 0.3) is 0 Å². The number of rotatable bonds is 11. The second kappa shape index (κ2) is 13.4. The number of hydrogen-bond donors (Lipinski definition) is 2. The van der Waals surface area contributed by atoms with Crippen LogP contribution in [-0.4, -0.2) is 66.8 Å². The van der Waals surface area contributed by atoms with Crippen LogP contribution in [0.15, 0.2) is 95.9 Å². The number of methoxy groups -OCH3 is 3. The van der Waals surface area contributed by atoms with Gasteiger partial charge in [0, 0.05) is 20.2 Å². The summed E-state index contributed by atoms with van der Waals surface area (Å²) in [4.78, 5) is 28.2. The molecule has 3 aromatic carbocycles. The molecule has 1 aromatic heterocycles. The van der Waals surface area contributed by atoms with Crippen LogP contribution in [0.2, 0.25) is 0 Å². The molecule has 4 aromatic rings. The fourth-order valence-corrected chi connectivity index (χ4v) is 5.47. The third kappa shape index (κ3) is 6.08. The molecule has 11 nitrogen and oxygen atoms in total. The summed E-state index contributed by atoms with van der Waals surface area (Å²) in [6.45, 7) is 1.25. The highest BCUT2D eigenvalue weighted by molar-refractivity contribution is 5.87. The number of anilines is 1. The lowest BCUT2D eigenvalue weighted by Gasteiger charge is -2.37. The molecular weight excluding hydrogens is 566 g/mol. The molecule has 44 heavy (non-hydrogen) atoms. The van der Waals surface area contributed by atoms with E-state index in [1.807, 2.05) is 78.9 Å². The number of benzene rings is 3. The SMILES string of the molecule is COc1ccc(C(OC[C@H]2O[C@@H](n3ccc(NC(C)=O)nc3=O)[C@H](OC)[C@H]2O)(c2ccccc2)c2ccc(OC)cc2)cc1. The van der Waals surface area contributed by atoms with Gasteiger partial charge >= 0.3 is 5.69 Å². The molecule has 0 spiro atoms. The van der Waals surface area contributed by atoms with E-state index in [2.05, 4.69) is 10.3 Å². The van der Waals surface area contributed by atoms with Gasteiger partial charge in [0.05, 0.1) is 20.8 Å². The third-order valence-electron chi connectivity index (χ3n) is 7.63. The smallest absolute Gasteiger partial charge is 0.351 e. The molecule has 1 saturated heterocycles. The highest BCUT2D eigenvalue weighted by atomic mass is 16.6. The van der Waals surface area contributed by atoms with Crippen LogP contribution >= 0.6 is 0 Å². The van der Waals surface area contributed by atoms with Crippen molar-refractivity contribution >= 4 is 11.7 Å². The first-order chi connectivity index (χ1) is 21.3. The van der Waals surface area contributed by atoms with Crippen molar-refractivity contribution in [3.05, 3.63) is 118 Å². The van der Waals surface area contributed by atoms with Gasteiger partial charge in [0.1, 0.15) is 41.2 Å². The summed E-state index contributed by atoms with van der Waals surface area (Å²) in [6.07, 6.45) is -2.49. The fraction of sp³-hybridized carbons (Fsp3) is 0.303. The van der Waals surface area contributed by atoms with Crippen LogP contribution in [0.5, 0.6) is 11.5 Å². The van der Waals surface area contributed by atoms with Gasteiger partial charge in [-0.1, -0.05) is 54.6 Å². The maximum absolute atomic E-state index is 12.9. The third-order valence-corrected chi connectivity index (χ3v) is 7.63. The van der Waals surface area contributed by atoms with E-state index in [1.54, 1.807) is 14.2 Å². The topological polar surface area (TPSA) is 130 Å². The highest BCUT2D eigenvalue weighted by Gasteiger charge is 2.47. The van der Waals surface area contributed by atoms with Gasteiger partial charge in [0.15, 0.2) is 6.23 Å². The molecule has 0 radical (unpaired) electrons. The maximum atomic E-state index is 12.9. The van der Waals surface area contributed by atoms with Crippen LogP contribution in [0.1, 0.15) is 29.8 Å². The number of amides is 1. The molecule has 0 unspecified atom stereocenters. The van der Waals surface area contributed by atoms with Gasteiger partial charge in [-0.3, -0.25) is 9.36 Å². The van der Waals surface area contributed by atoms with Gasteiger partial charge in [0.25, 0.3) is 0 Å². The summed E-state index contributed by atoms with van der Waals surface area (Å²) < 4.78 is 30.8. The molecule has 0 bridgehead atoms.